The lowest BCUT2D eigenvalue weighted by Gasteiger charge is -2.19. The van der Waals surface area contributed by atoms with E-state index in [4.69, 9.17) is 26.5 Å². The van der Waals surface area contributed by atoms with Gasteiger partial charge in [-0.25, -0.2) is 4.98 Å². The number of fused-ring (bicyclic) bond motifs is 2. The topological polar surface area (TPSA) is 116 Å². The SMILES string of the molecule is Cc1cc([C@@H](C)Oc2ccc(Cl)nc2C(N)=O)c2oc(-c3ccc4c(c3)C(=O)N(C)C4)c(C)c(=O)c2c1. The summed E-state index contributed by atoms with van der Waals surface area (Å²) in [5, 5.41) is 0.521. The van der Waals surface area contributed by atoms with E-state index >= 15 is 0 Å². The first-order chi connectivity index (χ1) is 17.5. The molecule has 0 spiro atoms. The van der Waals surface area contributed by atoms with Gasteiger partial charge in [0.25, 0.3) is 11.8 Å². The quantitative estimate of drug-likeness (QED) is 0.374. The lowest BCUT2D eigenvalue weighted by Crippen LogP contribution is -2.17. The Balaban J connectivity index is 1.65. The number of nitrogens with zero attached hydrogens (tertiary/aromatic N) is 2. The van der Waals surface area contributed by atoms with E-state index in [0.717, 1.165) is 11.1 Å². The summed E-state index contributed by atoms with van der Waals surface area (Å²) in [7, 11) is 1.75. The van der Waals surface area contributed by atoms with Crippen LogP contribution in [0.3, 0.4) is 0 Å². The lowest BCUT2D eigenvalue weighted by atomic mass is 9.98. The number of benzene rings is 2. The van der Waals surface area contributed by atoms with Crippen molar-refractivity contribution >= 4 is 34.4 Å². The Kier molecular flexibility index (Phi) is 6.00. The third-order valence-corrected chi connectivity index (χ3v) is 6.76. The summed E-state index contributed by atoms with van der Waals surface area (Å²) >= 11 is 5.93. The van der Waals surface area contributed by atoms with E-state index in [2.05, 4.69) is 4.98 Å². The molecule has 4 aromatic rings. The summed E-state index contributed by atoms with van der Waals surface area (Å²) in [6, 6.07) is 12.2. The Morgan fingerprint density at radius 3 is 2.65 bits per heavy atom. The van der Waals surface area contributed by atoms with Crippen molar-refractivity contribution in [2.45, 2.75) is 33.4 Å². The summed E-state index contributed by atoms with van der Waals surface area (Å²) < 4.78 is 12.5. The van der Waals surface area contributed by atoms with Gasteiger partial charge in [-0.2, -0.15) is 0 Å². The molecular formula is C28H24ClN3O5. The third-order valence-electron chi connectivity index (χ3n) is 6.55. The molecule has 9 heteroatoms. The van der Waals surface area contributed by atoms with Crippen LogP contribution in [0.5, 0.6) is 5.75 Å². The molecular weight excluding hydrogens is 494 g/mol. The second-order valence-electron chi connectivity index (χ2n) is 9.25. The van der Waals surface area contributed by atoms with Gasteiger partial charge in [0.15, 0.2) is 16.9 Å². The number of carbonyl (C=O) groups excluding carboxylic acids is 2. The molecule has 5 rings (SSSR count). The highest BCUT2D eigenvalue weighted by Crippen LogP contribution is 2.35. The van der Waals surface area contributed by atoms with Crippen molar-refractivity contribution in [3.63, 3.8) is 0 Å². The second-order valence-corrected chi connectivity index (χ2v) is 9.64. The van der Waals surface area contributed by atoms with Crippen LogP contribution in [0.15, 0.2) is 51.7 Å². The lowest BCUT2D eigenvalue weighted by molar-refractivity contribution is 0.0816. The maximum Gasteiger partial charge on any atom is 0.271 e. The highest BCUT2D eigenvalue weighted by atomic mass is 35.5. The normalized spacial score (nSPS) is 13.6. The van der Waals surface area contributed by atoms with E-state index in [0.29, 0.717) is 45.5 Å². The van der Waals surface area contributed by atoms with Gasteiger partial charge in [0, 0.05) is 35.8 Å². The zero-order valence-corrected chi connectivity index (χ0v) is 21.5. The molecule has 188 valence electrons. The highest BCUT2D eigenvalue weighted by molar-refractivity contribution is 6.29. The molecule has 2 aromatic carbocycles. The summed E-state index contributed by atoms with van der Waals surface area (Å²) in [4.78, 5) is 43.6. The van der Waals surface area contributed by atoms with Crippen LogP contribution in [0.2, 0.25) is 5.15 Å². The minimum atomic E-state index is -0.778. The smallest absolute Gasteiger partial charge is 0.271 e. The average molecular weight is 518 g/mol. The number of aryl methyl sites for hydroxylation is 1. The number of aromatic nitrogens is 1. The molecule has 1 atom stereocenters. The van der Waals surface area contributed by atoms with Crippen LogP contribution in [0.25, 0.3) is 22.3 Å². The van der Waals surface area contributed by atoms with Gasteiger partial charge in [-0.1, -0.05) is 23.7 Å². The van der Waals surface area contributed by atoms with Crippen molar-refractivity contribution in [3.8, 4) is 17.1 Å². The number of pyridine rings is 1. The summed E-state index contributed by atoms with van der Waals surface area (Å²) in [5.41, 5.74) is 9.59. The highest BCUT2D eigenvalue weighted by Gasteiger charge is 2.26. The fraction of sp³-hybridized carbons (Fsp3) is 0.214. The van der Waals surface area contributed by atoms with Crippen molar-refractivity contribution in [1.82, 2.24) is 9.88 Å². The first-order valence-corrected chi connectivity index (χ1v) is 12.0. The zero-order chi connectivity index (χ0) is 26.6. The molecule has 8 nitrogen and oxygen atoms in total. The molecule has 1 aliphatic rings. The molecule has 0 saturated carbocycles. The maximum atomic E-state index is 13.5. The second kappa shape index (κ2) is 9.05. The van der Waals surface area contributed by atoms with E-state index in [-0.39, 0.29) is 27.9 Å². The number of nitrogens with two attached hydrogens (primary N) is 1. The Labute approximate surface area is 217 Å². The molecule has 0 bridgehead atoms. The van der Waals surface area contributed by atoms with Gasteiger partial charge in [-0.15, -0.1) is 0 Å². The number of primary amides is 1. The Morgan fingerprint density at radius 1 is 1.16 bits per heavy atom. The number of hydrogen-bond donors (Lipinski definition) is 1. The van der Waals surface area contributed by atoms with Crippen LogP contribution in [-0.4, -0.2) is 28.7 Å². The first kappa shape index (κ1) is 24.5. The molecule has 2 amide bonds. The summed E-state index contributed by atoms with van der Waals surface area (Å²) in [6.07, 6.45) is -0.641. The van der Waals surface area contributed by atoms with E-state index < -0.39 is 12.0 Å². The monoisotopic (exact) mass is 517 g/mol. The number of hydrogen-bond acceptors (Lipinski definition) is 6. The van der Waals surface area contributed by atoms with Crippen molar-refractivity contribution in [3.05, 3.63) is 91.4 Å². The van der Waals surface area contributed by atoms with Crippen molar-refractivity contribution < 1.29 is 18.7 Å². The van der Waals surface area contributed by atoms with Gasteiger partial charge in [0.2, 0.25) is 0 Å². The number of carbonyl (C=O) groups is 2. The fourth-order valence-electron chi connectivity index (χ4n) is 4.68. The average Bonchev–Trinajstić information content (AvgIpc) is 3.14. The minimum Gasteiger partial charge on any atom is -0.483 e. The fourth-order valence-corrected chi connectivity index (χ4v) is 4.83. The standard InChI is InChI=1S/C28H24ClN3O5/c1-13-9-18(15(3)36-21-7-8-22(29)31-23(21)27(30)34)26-20(10-13)24(33)14(2)25(37-26)16-5-6-17-12-32(4)28(35)19(17)11-16/h5-11,15H,12H2,1-4H3,(H2,30,34)/t15-/m1/s1. The van der Waals surface area contributed by atoms with E-state index in [9.17, 15) is 14.4 Å². The van der Waals surface area contributed by atoms with Gasteiger partial charge in [-0.3, -0.25) is 14.4 Å². The van der Waals surface area contributed by atoms with Crippen LogP contribution in [0.4, 0.5) is 0 Å². The largest absolute Gasteiger partial charge is 0.483 e. The molecule has 2 N–H and O–H groups in total. The third kappa shape index (κ3) is 4.23. The van der Waals surface area contributed by atoms with E-state index in [1.54, 1.807) is 37.9 Å². The van der Waals surface area contributed by atoms with Gasteiger partial charge >= 0.3 is 0 Å². The number of halogens is 1. The van der Waals surface area contributed by atoms with Crippen LogP contribution >= 0.6 is 11.6 Å². The molecule has 3 heterocycles. The van der Waals surface area contributed by atoms with Crippen molar-refractivity contribution in [1.29, 1.82) is 0 Å². The van der Waals surface area contributed by atoms with Crippen LogP contribution in [0, 0.1) is 13.8 Å². The van der Waals surface area contributed by atoms with E-state index in [1.165, 1.54) is 12.1 Å². The molecule has 0 saturated heterocycles. The molecule has 0 fully saturated rings. The number of ether oxygens (including phenoxy) is 1. The molecule has 0 aliphatic carbocycles. The Morgan fingerprint density at radius 2 is 1.92 bits per heavy atom. The predicted molar refractivity (Wildman–Crippen MR) is 140 cm³/mol. The van der Waals surface area contributed by atoms with Crippen LogP contribution in [-0.2, 0) is 6.54 Å². The van der Waals surface area contributed by atoms with Gasteiger partial charge < -0.3 is 19.8 Å². The van der Waals surface area contributed by atoms with Crippen LogP contribution < -0.4 is 15.9 Å². The van der Waals surface area contributed by atoms with Gasteiger partial charge in [-0.05, 0) is 62.2 Å². The number of rotatable bonds is 5. The summed E-state index contributed by atoms with van der Waals surface area (Å²) in [5.74, 6) is -0.307. The Bertz CT molecular complexity index is 1680. The van der Waals surface area contributed by atoms with E-state index in [1.807, 2.05) is 25.1 Å². The maximum absolute atomic E-state index is 13.5. The molecule has 0 unspecified atom stereocenters. The first-order valence-electron chi connectivity index (χ1n) is 11.6. The zero-order valence-electron chi connectivity index (χ0n) is 20.7. The van der Waals surface area contributed by atoms with Crippen molar-refractivity contribution in [2.24, 2.45) is 5.73 Å². The molecule has 37 heavy (non-hydrogen) atoms. The molecule has 2 aromatic heterocycles. The summed E-state index contributed by atoms with van der Waals surface area (Å²) in [6.45, 7) is 5.90. The molecule has 1 aliphatic heterocycles. The Hall–Kier alpha value is -4.17. The van der Waals surface area contributed by atoms with Crippen LogP contribution in [0.1, 0.15) is 56.1 Å². The minimum absolute atomic E-state index is 0.0715. The molecule has 0 radical (unpaired) electrons. The van der Waals surface area contributed by atoms with Gasteiger partial charge in [0.1, 0.15) is 22.6 Å². The van der Waals surface area contributed by atoms with Gasteiger partial charge in [0.05, 0.1) is 5.39 Å². The van der Waals surface area contributed by atoms with Crippen molar-refractivity contribution in [2.75, 3.05) is 7.05 Å². The predicted octanol–water partition coefficient (Wildman–Crippen LogP) is 4.95. The number of amides is 2.